The van der Waals surface area contributed by atoms with Gasteiger partial charge in [-0.15, -0.1) is 0 Å². The van der Waals surface area contributed by atoms with Crippen LogP contribution in [0.3, 0.4) is 0 Å². The van der Waals surface area contributed by atoms with Gasteiger partial charge in [-0.25, -0.2) is 35.8 Å². The van der Waals surface area contributed by atoms with Crippen LogP contribution in [-0.2, 0) is 19.9 Å². The number of H-pyrrole nitrogens is 2. The van der Waals surface area contributed by atoms with Crippen LogP contribution >= 0.6 is 0 Å². The molecule has 6 heterocycles. The number of anilines is 1. The van der Waals surface area contributed by atoms with Crippen LogP contribution in [0.5, 0.6) is 0 Å². The molecule has 0 bridgehead atoms. The average molecular weight is 542 g/mol. The van der Waals surface area contributed by atoms with Crippen LogP contribution in [0, 0.1) is 0 Å². The van der Waals surface area contributed by atoms with Crippen LogP contribution in [0.15, 0.2) is 35.9 Å². The maximum Gasteiger partial charge on any atom is 0.241 e. The number of sulfone groups is 1. The Bertz CT molecular complexity index is 1880. The summed E-state index contributed by atoms with van der Waals surface area (Å²) in [5.41, 5.74) is 4.22. The van der Waals surface area contributed by atoms with E-state index < -0.39 is 25.0 Å². The van der Waals surface area contributed by atoms with Crippen molar-refractivity contribution in [3.63, 3.8) is 0 Å². The van der Waals surface area contributed by atoms with Gasteiger partial charge < -0.3 is 9.88 Å². The van der Waals surface area contributed by atoms with Gasteiger partial charge in [-0.05, 0) is 31.4 Å². The number of fused-ring (bicyclic) bond motifs is 2. The first kappa shape index (κ1) is 23.5. The number of imidazole rings is 2. The Morgan fingerprint density at radius 3 is 2.41 bits per heavy atom. The summed E-state index contributed by atoms with van der Waals surface area (Å²) in [6.07, 6.45) is 9.99. The van der Waals surface area contributed by atoms with E-state index in [0.29, 0.717) is 26.5 Å². The standard InChI is InChI=1S/C22H23N9O4S2/c1-36(32,33)22-24-12-16(31(22)37(2,34)35)13-6-7-14-19(25-13)20(29-28-14)21-26-15-10-23-11-17(18(15)27-21)30-8-4-3-5-9-30/h6-7,10-12H,3-5,8-9H2,1-2H3,(H,26,27)(H,28,29). The minimum absolute atomic E-state index is 0.0261. The number of nitrogens with zero attached hydrogens (tertiary/aromatic N) is 7. The third kappa shape index (κ3) is 4.03. The molecule has 15 heteroatoms. The second kappa shape index (κ2) is 8.34. The predicted molar refractivity (Wildman–Crippen MR) is 137 cm³/mol. The SMILES string of the molecule is CS(=O)(=O)c1ncc(-c2ccc3[nH]nc(-c4nc5c(N6CCCCC6)cncc5[nH]4)c3n2)n1S(C)(=O)=O. The number of hydrogen-bond acceptors (Lipinski definition) is 10. The Labute approximate surface area is 212 Å². The summed E-state index contributed by atoms with van der Waals surface area (Å²) in [6, 6.07) is 3.27. The predicted octanol–water partition coefficient (Wildman–Crippen LogP) is 1.96. The van der Waals surface area contributed by atoms with Crippen molar-refractivity contribution in [2.75, 3.05) is 30.5 Å². The molecule has 37 heavy (non-hydrogen) atoms. The molecule has 0 spiro atoms. The van der Waals surface area contributed by atoms with E-state index >= 15 is 0 Å². The van der Waals surface area contributed by atoms with Crippen molar-refractivity contribution >= 4 is 47.6 Å². The highest BCUT2D eigenvalue weighted by atomic mass is 32.2. The molecule has 5 aromatic rings. The molecule has 192 valence electrons. The van der Waals surface area contributed by atoms with Gasteiger partial charge in [0.1, 0.15) is 16.7 Å². The summed E-state index contributed by atoms with van der Waals surface area (Å²) in [5.74, 6) is 0.477. The van der Waals surface area contributed by atoms with Crippen molar-refractivity contribution in [3.05, 3.63) is 30.7 Å². The van der Waals surface area contributed by atoms with Gasteiger partial charge in [0.25, 0.3) is 0 Å². The quantitative estimate of drug-likeness (QED) is 0.335. The van der Waals surface area contributed by atoms with Gasteiger partial charge in [0.15, 0.2) is 11.5 Å². The van der Waals surface area contributed by atoms with Crippen molar-refractivity contribution in [2.45, 2.75) is 24.4 Å². The van der Waals surface area contributed by atoms with Gasteiger partial charge in [0, 0.05) is 19.3 Å². The molecule has 1 saturated heterocycles. The Morgan fingerprint density at radius 2 is 1.68 bits per heavy atom. The Morgan fingerprint density at radius 1 is 0.892 bits per heavy atom. The molecule has 0 radical (unpaired) electrons. The number of piperidine rings is 1. The van der Waals surface area contributed by atoms with Crippen LogP contribution in [0.25, 0.3) is 45.0 Å². The van der Waals surface area contributed by atoms with Gasteiger partial charge >= 0.3 is 0 Å². The van der Waals surface area contributed by atoms with E-state index in [1.54, 1.807) is 18.3 Å². The molecule has 1 fully saturated rings. The molecule has 0 atom stereocenters. The number of pyridine rings is 2. The molecule has 0 aromatic carbocycles. The van der Waals surface area contributed by atoms with Crippen LogP contribution < -0.4 is 4.90 Å². The zero-order valence-corrected chi connectivity index (χ0v) is 21.6. The van der Waals surface area contributed by atoms with Crippen LogP contribution in [0.1, 0.15) is 19.3 Å². The van der Waals surface area contributed by atoms with E-state index in [1.165, 1.54) is 12.6 Å². The highest BCUT2D eigenvalue weighted by Crippen LogP contribution is 2.32. The molecule has 0 aliphatic carbocycles. The lowest BCUT2D eigenvalue weighted by molar-refractivity contribution is 0.574. The fourth-order valence-electron chi connectivity index (χ4n) is 4.67. The largest absolute Gasteiger partial charge is 0.368 e. The molecule has 5 aromatic heterocycles. The zero-order chi connectivity index (χ0) is 25.9. The van der Waals surface area contributed by atoms with Gasteiger partial charge in [-0.3, -0.25) is 10.1 Å². The highest BCUT2D eigenvalue weighted by Gasteiger charge is 2.27. The third-order valence-corrected chi connectivity index (χ3v) is 8.42. The third-order valence-electron chi connectivity index (χ3n) is 6.32. The minimum Gasteiger partial charge on any atom is -0.368 e. The monoisotopic (exact) mass is 541 g/mol. The van der Waals surface area contributed by atoms with Gasteiger partial charge in [-0.2, -0.15) is 5.10 Å². The zero-order valence-electron chi connectivity index (χ0n) is 20.0. The molecular formula is C22H23N9O4S2. The molecular weight excluding hydrogens is 518 g/mol. The van der Waals surface area contributed by atoms with Crippen LogP contribution in [-0.4, -0.2) is 81.5 Å². The average Bonchev–Trinajstić information content (AvgIpc) is 3.59. The maximum atomic E-state index is 12.5. The van der Waals surface area contributed by atoms with Crippen molar-refractivity contribution < 1.29 is 16.8 Å². The lowest BCUT2D eigenvalue weighted by Crippen LogP contribution is -2.29. The molecule has 1 aliphatic heterocycles. The first-order chi connectivity index (χ1) is 17.6. The van der Waals surface area contributed by atoms with E-state index in [9.17, 15) is 16.8 Å². The molecule has 6 rings (SSSR count). The number of aromatic nitrogens is 8. The number of rotatable bonds is 5. The maximum absolute atomic E-state index is 12.5. The van der Waals surface area contributed by atoms with Crippen molar-refractivity contribution in [3.8, 4) is 22.9 Å². The van der Waals surface area contributed by atoms with Crippen molar-refractivity contribution in [1.82, 2.24) is 39.1 Å². The van der Waals surface area contributed by atoms with Gasteiger partial charge in [0.05, 0.1) is 47.3 Å². The fourth-order valence-corrected chi connectivity index (χ4v) is 6.95. The Kier molecular flexibility index (Phi) is 5.31. The van der Waals surface area contributed by atoms with E-state index in [-0.39, 0.29) is 11.4 Å². The van der Waals surface area contributed by atoms with Gasteiger partial charge in [-0.1, -0.05) is 0 Å². The minimum atomic E-state index is -4.01. The molecule has 2 N–H and O–H groups in total. The topological polar surface area (TPSA) is 172 Å². The van der Waals surface area contributed by atoms with Crippen molar-refractivity contribution in [2.24, 2.45) is 0 Å². The summed E-state index contributed by atoms with van der Waals surface area (Å²) in [6.45, 7) is 1.89. The number of nitrogens with one attached hydrogen (secondary N) is 2. The molecule has 1 aliphatic rings. The number of hydrogen-bond donors (Lipinski definition) is 2. The smallest absolute Gasteiger partial charge is 0.241 e. The lowest BCUT2D eigenvalue weighted by Gasteiger charge is -2.28. The summed E-state index contributed by atoms with van der Waals surface area (Å²) in [5, 5.41) is 6.75. The second-order valence-electron chi connectivity index (χ2n) is 9.08. The summed E-state index contributed by atoms with van der Waals surface area (Å²) in [7, 11) is -7.92. The van der Waals surface area contributed by atoms with E-state index in [0.717, 1.165) is 55.2 Å². The van der Waals surface area contributed by atoms with Crippen molar-refractivity contribution in [1.29, 1.82) is 0 Å². The Balaban J connectivity index is 1.49. The first-order valence-electron chi connectivity index (χ1n) is 11.5. The normalized spacial score (nSPS) is 15.1. The summed E-state index contributed by atoms with van der Waals surface area (Å²) < 4.78 is 50.1. The fraction of sp³-hybridized carbons (Fsp3) is 0.318. The highest BCUT2D eigenvalue weighted by molar-refractivity contribution is 7.92. The van der Waals surface area contributed by atoms with E-state index in [4.69, 9.17) is 4.98 Å². The first-order valence-corrected chi connectivity index (χ1v) is 15.3. The molecule has 0 amide bonds. The second-order valence-corrected chi connectivity index (χ2v) is 12.8. The van der Waals surface area contributed by atoms with Crippen LogP contribution in [0.2, 0.25) is 0 Å². The summed E-state index contributed by atoms with van der Waals surface area (Å²) >= 11 is 0. The van der Waals surface area contributed by atoms with Gasteiger partial charge in [0.2, 0.25) is 25.0 Å². The van der Waals surface area contributed by atoms with E-state index in [2.05, 4.69) is 35.0 Å². The Hall–Kier alpha value is -3.85. The lowest BCUT2D eigenvalue weighted by atomic mass is 10.1. The molecule has 0 unspecified atom stereocenters. The van der Waals surface area contributed by atoms with E-state index in [1.807, 2.05) is 6.20 Å². The number of aromatic amines is 2. The van der Waals surface area contributed by atoms with Crippen LogP contribution in [0.4, 0.5) is 5.69 Å². The molecule has 0 saturated carbocycles. The summed E-state index contributed by atoms with van der Waals surface area (Å²) in [4.78, 5) is 23.3. The molecule has 13 nitrogen and oxygen atoms in total.